The van der Waals surface area contributed by atoms with Crippen LogP contribution in [0, 0.1) is 44.8 Å². The highest BCUT2D eigenvalue weighted by atomic mass is 16.7. The van der Waals surface area contributed by atoms with Crippen LogP contribution >= 0.6 is 0 Å². The molecule has 0 aromatic rings. The number of hydrogen-bond donors (Lipinski definition) is 8. The van der Waals surface area contributed by atoms with Gasteiger partial charge in [-0.2, -0.15) is 0 Å². The first-order chi connectivity index (χ1) is 21.7. The maximum atomic E-state index is 12.4. The Morgan fingerprint density at radius 1 is 1.04 bits per heavy atom. The van der Waals surface area contributed by atoms with Crippen molar-refractivity contribution in [1.29, 1.82) is 0 Å². The predicted molar refractivity (Wildman–Crippen MR) is 168 cm³/mol. The van der Waals surface area contributed by atoms with Crippen molar-refractivity contribution in [2.24, 2.45) is 44.8 Å². The second-order valence-electron chi connectivity index (χ2n) is 18.2. The molecule has 17 atom stereocenters. The molecule has 11 nitrogen and oxygen atoms in total. The Kier molecular flexibility index (Phi) is 7.71. The Balaban J connectivity index is 1.18. The van der Waals surface area contributed by atoms with Gasteiger partial charge in [0, 0.05) is 11.3 Å². The van der Waals surface area contributed by atoms with E-state index in [1.54, 1.807) is 0 Å². The molecule has 0 radical (unpaired) electrons. The van der Waals surface area contributed by atoms with Crippen molar-refractivity contribution in [2.45, 2.75) is 160 Å². The van der Waals surface area contributed by atoms with Crippen molar-refractivity contribution in [1.82, 2.24) is 0 Å². The summed E-state index contributed by atoms with van der Waals surface area (Å²) in [5.74, 6) is -2.04. The van der Waals surface area contributed by atoms with Crippen molar-refractivity contribution >= 4 is 0 Å². The average molecular weight is 667 g/mol. The molecular weight excluding hydrogens is 608 g/mol. The van der Waals surface area contributed by atoms with E-state index in [0.717, 1.165) is 32.1 Å². The van der Waals surface area contributed by atoms with E-state index in [9.17, 15) is 40.9 Å². The Morgan fingerprint density at radius 2 is 1.72 bits per heavy atom. The van der Waals surface area contributed by atoms with Gasteiger partial charge in [0.05, 0.1) is 24.4 Å². The van der Waals surface area contributed by atoms with E-state index in [4.69, 9.17) is 14.2 Å². The smallest absolute Gasteiger partial charge is 0.196 e. The molecule has 2 aliphatic heterocycles. The van der Waals surface area contributed by atoms with E-state index < -0.39 is 77.8 Å². The standard InChI is InChI=1S/C36H58O11/c1-17-14-19(27(41)31(4,5)43)47-36(44)26(17)32(6)12-13-35-16-34(35)11-10-22(45-28-24(40)23(39)25(46-28)18(38)15-37)30(2,3)20(34)8-9-21(35)33(32,7)29(36)42/h9,17-20,22-29,37-44H,8,10-16H2,1-7H3. The molecule has 0 amide bonds. The quantitative estimate of drug-likeness (QED) is 0.191. The number of aliphatic hydroxyl groups excluding tert-OH is 6. The molecule has 6 fully saturated rings. The zero-order chi connectivity index (χ0) is 34.5. The summed E-state index contributed by atoms with van der Waals surface area (Å²) in [5.41, 5.74) is -1.87. The van der Waals surface area contributed by atoms with Crippen molar-refractivity contribution < 1.29 is 55.1 Å². The predicted octanol–water partition coefficient (Wildman–Crippen LogP) is 1.36. The van der Waals surface area contributed by atoms with Crippen LogP contribution in [-0.2, 0) is 14.2 Å². The van der Waals surface area contributed by atoms with Crippen LogP contribution in [-0.4, -0.2) is 114 Å². The summed E-state index contributed by atoms with van der Waals surface area (Å²) in [6.45, 7) is 13.2. The zero-order valence-electron chi connectivity index (χ0n) is 29.0. The maximum Gasteiger partial charge on any atom is 0.196 e. The van der Waals surface area contributed by atoms with E-state index in [2.05, 4.69) is 40.7 Å². The van der Waals surface area contributed by atoms with Crippen LogP contribution in [0.1, 0.15) is 93.4 Å². The number of allylic oxidation sites excluding steroid dienone is 1. The lowest BCUT2D eigenvalue weighted by Gasteiger charge is -2.60. The van der Waals surface area contributed by atoms with Crippen molar-refractivity contribution in [3.63, 3.8) is 0 Å². The second kappa shape index (κ2) is 10.4. The molecule has 268 valence electrons. The summed E-state index contributed by atoms with van der Waals surface area (Å²) < 4.78 is 18.5. The van der Waals surface area contributed by atoms with Crippen LogP contribution in [0.25, 0.3) is 0 Å². The minimum absolute atomic E-state index is 0.00270. The molecule has 4 saturated carbocycles. The van der Waals surface area contributed by atoms with Gasteiger partial charge in [-0.05, 0) is 92.3 Å². The van der Waals surface area contributed by atoms with Crippen molar-refractivity contribution in [3.8, 4) is 0 Å². The molecule has 0 bridgehead atoms. The fourth-order valence-corrected chi connectivity index (χ4v) is 12.9. The molecule has 5 aliphatic carbocycles. The molecule has 7 aliphatic rings. The third kappa shape index (κ3) is 4.19. The molecule has 2 heterocycles. The van der Waals surface area contributed by atoms with Crippen molar-refractivity contribution in [2.75, 3.05) is 6.61 Å². The monoisotopic (exact) mass is 666 g/mol. The molecule has 7 rings (SSSR count). The first kappa shape index (κ1) is 34.7. The molecule has 17 unspecified atom stereocenters. The summed E-state index contributed by atoms with van der Waals surface area (Å²) in [6.07, 6.45) is -1.91. The van der Waals surface area contributed by atoms with E-state index >= 15 is 0 Å². The van der Waals surface area contributed by atoms with Gasteiger partial charge < -0.3 is 55.1 Å². The molecule has 2 saturated heterocycles. The average Bonchev–Trinajstić information content (AvgIpc) is 3.54. The van der Waals surface area contributed by atoms with Gasteiger partial charge in [0.15, 0.2) is 12.1 Å². The van der Waals surface area contributed by atoms with Gasteiger partial charge in [0.1, 0.15) is 36.6 Å². The first-order valence-corrected chi connectivity index (χ1v) is 17.8. The van der Waals surface area contributed by atoms with Crippen LogP contribution in [0.4, 0.5) is 0 Å². The molecule has 8 N–H and O–H groups in total. The molecular formula is C36H58O11. The van der Waals surface area contributed by atoms with Crippen LogP contribution in [0.2, 0.25) is 0 Å². The SMILES string of the molecule is CC1CC(C(O)C(C)(C)O)OC2(O)C1C1(C)CCC34CC35CCC(OC3OC(C(O)CO)C(O)C3O)C(C)(C)C5CC=C4C1(C)C2O. The van der Waals surface area contributed by atoms with Crippen LogP contribution in [0.3, 0.4) is 0 Å². The van der Waals surface area contributed by atoms with E-state index in [1.807, 2.05) is 0 Å². The zero-order valence-corrected chi connectivity index (χ0v) is 29.0. The van der Waals surface area contributed by atoms with E-state index in [1.165, 1.54) is 19.4 Å². The van der Waals surface area contributed by atoms with Crippen LogP contribution in [0.15, 0.2) is 11.6 Å². The molecule has 0 aromatic carbocycles. The van der Waals surface area contributed by atoms with Gasteiger partial charge >= 0.3 is 0 Å². The topological polar surface area (TPSA) is 190 Å². The molecule has 0 aromatic heterocycles. The number of hydrogen-bond acceptors (Lipinski definition) is 11. The van der Waals surface area contributed by atoms with Gasteiger partial charge in [0.2, 0.25) is 0 Å². The van der Waals surface area contributed by atoms with Gasteiger partial charge in [-0.25, -0.2) is 0 Å². The first-order valence-electron chi connectivity index (χ1n) is 17.8. The fourth-order valence-electron chi connectivity index (χ4n) is 12.9. The Morgan fingerprint density at radius 3 is 2.36 bits per heavy atom. The Labute approximate surface area is 277 Å². The van der Waals surface area contributed by atoms with Crippen LogP contribution < -0.4 is 0 Å². The third-order valence-corrected chi connectivity index (χ3v) is 15.4. The largest absolute Gasteiger partial charge is 0.394 e. The summed E-state index contributed by atoms with van der Waals surface area (Å²) >= 11 is 0. The second-order valence-corrected chi connectivity index (χ2v) is 18.2. The van der Waals surface area contributed by atoms with E-state index in [0.29, 0.717) is 12.8 Å². The normalized spacial score (nSPS) is 55.9. The van der Waals surface area contributed by atoms with Gasteiger partial charge in [0.25, 0.3) is 0 Å². The van der Waals surface area contributed by atoms with Gasteiger partial charge in [-0.1, -0.05) is 46.3 Å². The summed E-state index contributed by atoms with van der Waals surface area (Å²) in [4.78, 5) is 0. The Bertz CT molecular complexity index is 1300. The number of aliphatic hydroxyl groups is 8. The van der Waals surface area contributed by atoms with Crippen LogP contribution in [0.5, 0.6) is 0 Å². The summed E-state index contributed by atoms with van der Waals surface area (Å²) in [5, 5.41) is 87.0. The number of rotatable bonds is 6. The summed E-state index contributed by atoms with van der Waals surface area (Å²) in [6, 6.07) is 0. The van der Waals surface area contributed by atoms with Crippen molar-refractivity contribution in [3.05, 3.63) is 11.6 Å². The highest BCUT2D eigenvalue weighted by Gasteiger charge is 2.85. The lowest BCUT2D eigenvalue weighted by molar-refractivity contribution is -0.340. The number of fused-ring (bicyclic) bond motifs is 4. The van der Waals surface area contributed by atoms with E-state index in [-0.39, 0.29) is 40.1 Å². The minimum Gasteiger partial charge on any atom is -0.394 e. The lowest BCUT2D eigenvalue weighted by Crippen LogP contribution is -2.60. The summed E-state index contributed by atoms with van der Waals surface area (Å²) in [7, 11) is 0. The highest BCUT2D eigenvalue weighted by Crippen LogP contribution is 2.88. The third-order valence-electron chi connectivity index (χ3n) is 15.4. The molecule has 11 heteroatoms. The fraction of sp³-hybridized carbons (Fsp3) is 0.944. The lowest BCUT2D eigenvalue weighted by atomic mass is 9.44. The highest BCUT2D eigenvalue weighted by molar-refractivity contribution is 5.47. The van der Waals surface area contributed by atoms with Gasteiger partial charge in [-0.3, -0.25) is 0 Å². The maximum absolute atomic E-state index is 12.4. The number of ether oxygens (including phenoxy) is 3. The van der Waals surface area contributed by atoms with Gasteiger partial charge in [-0.15, -0.1) is 0 Å². The Hall–Kier alpha value is -0.700. The molecule has 47 heavy (non-hydrogen) atoms. The molecule has 2 spiro atoms. The minimum atomic E-state index is -1.87.